The summed E-state index contributed by atoms with van der Waals surface area (Å²) in [5, 5.41) is 6.77. The molecule has 2 aliphatic rings. The summed E-state index contributed by atoms with van der Waals surface area (Å²) in [6.45, 7) is 0.936. The maximum Gasteiger partial charge on any atom is 0.151 e. The third-order valence-electron chi connectivity index (χ3n) is 5.27. The number of nitrogens with zero attached hydrogens (tertiary/aromatic N) is 2. The Morgan fingerprint density at radius 2 is 1.88 bits per heavy atom. The zero-order valence-electron chi connectivity index (χ0n) is 14.9. The number of pyridine rings is 2. The molecule has 0 spiro atoms. The fourth-order valence-electron chi connectivity index (χ4n) is 3.44. The molecule has 2 saturated carbocycles. The summed E-state index contributed by atoms with van der Waals surface area (Å²) in [4.78, 5) is 8.79. The van der Waals surface area contributed by atoms with E-state index in [1.165, 1.54) is 19.0 Å². The van der Waals surface area contributed by atoms with Gasteiger partial charge in [0.2, 0.25) is 0 Å². The van der Waals surface area contributed by atoms with Crippen LogP contribution in [0.4, 0.5) is 16.0 Å². The second kappa shape index (κ2) is 7.58. The molecule has 2 fully saturated rings. The van der Waals surface area contributed by atoms with Crippen molar-refractivity contribution < 1.29 is 4.39 Å². The minimum Gasteiger partial charge on any atom is -0.370 e. The molecule has 2 aliphatic carbocycles. The summed E-state index contributed by atoms with van der Waals surface area (Å²) >= 11 is 0. The molecule has 0 saturated heterocycles. The Morgan fingerprint density at radius 1 is 1.08 bits per heavy atom. The van der Waals surface area contributed by atoms with E-state index in [0.29, 0.717) is 29.2 Å². The molecular formula is C20H26FN5. The number of nitrogens with one attached hydrogen (secondary N) is 2. The molecule has 4 rings (SSSR count). The molecule has 0 atom stereocenters. The molecule has 6 heteroatoms. The highest BCUT2D eigenvalue weighted by Crippen LogP contribution is 2.29. The van der Waals surface area contributed by atoms with E-state index in [-0.39, 0.29) is 5.82 Å². The number of hydrogen-bond donors (Lipinski definition) is 3. The van der Waals surface area contributed by atoms with E-state index in [1.54, 1.807) is 6.07 Å². The minimum atomic E-state index is -0.354. The van der Waals surface area contributed by atoms with Crippen LogP contribution in [-0.2, 0) is 0 Å². The Kier molecular flexibility index (Phi) is 5.02. The molecule has 0 amide bonds. The molecule has 138 valence electrons. The van der Waals surface area contributed by atoms with E-state index in [1.807, 2.05) is 18.2 Å². The van der Waals surface area contributed by atoms with Crippen LogP contribution in [0.5, 0.6) is 0 Å². The molecule has 0 radical (unpaired) electrons. The Labute approximate surface area is 153 Å². The Morgan fingerprint density at radius 3 is 2.65 bits per heavy atom. The second-order valence-corrected chi connectivity index (χ2v) is 7.54. The highest BCUT2D eigenvalue weighted by Gasteiger charge is 2.21. The van der Waals surface area contributed by atoms with E-state index in [4.69, 9.17) is 5.73 Å². The number of anilines is 2. The van der Waals surface area contributed by atoms with E-state index in [9.17, 15) is 4.39 Å². The van der Waals surface area contributed by atoms with E-state index in [2.05, 4.69) is 20.6 Å². The van der Waals surface area contributed by atoms with Crippen LogP contribution in [0.1, 0.15) is 38.5 Å². The van der Waals surface area contributed by atoms with Crippen molar-refractivity contribution in [3.63, 3.8) is 0 Å². The number of hydrogen-bond acceptors (Lipinski definition) is 5. The quantitative estimate of drug-likeness (QED) is 0.735. The first-order chi connectivity index (χ1) is 12.7. The Hall–Kier alpha value is -2.21. The van der Waals surface area contributed by atoms with Crippen molar-refractivity contribution in [2.24, 2.45) is 11.7 Å². The van der Waals surface area contributed by atoms with Gasteiger partial charge in [0.15, 0.2) is 5.82 Å². The second-order valence-electron chi connectivity index (χ2n) is 7.54. The van der Waals surface area contributed by atoms with Crippen molar-refractivity contribution in [1.29, 1.82) is 0 Å². The third kappa shape index (κ3) is 4.30. The highest BCUT2D eigenvalue weighted by atomic mass is 19.1. The monoisotopic (exact) mass is 355 g/mol. The standard InChI is InChI=1S/C20H26FN5/c21-17-12-24-20(25-15-8-6-14(22)7-9-15)10-16(17)18-2-1-3-19(26-18)23-11-13-4-5-13/h1-3,10,12-15H,4-9,11,22H2,(H,23,26)(H,24,25)/t14-,15-. The zero-order valence-corrected chi connectivity index (χ0v) is 14.9. The van der Waals surface area contributed by atoms with Crippen molar-refractivity contribution in [2.45, 2.75) is 50.6 Å². The van der Waals surface area contributed by atoms with Gasteiger partial charge in [0.25, 0.3) is 0 Å². The first kappa shape index (κ1) is 17.2. The number of aromatic nitrogens is 2. The Balaban J connectivity index is 1.49. The molecule has 0 bridgehead atoms. The zero-order chi connectivity index (χ0) is 17.9. The molecule has 2 aromatic rings. The number of halogens is 1. The fraction of sp³-hybridized carbons (Fsp3) is 0.500. The van der Waals surface area contributed by atoms with Crippen molar-refractivity contribution in [1.82, 2.24) is 9.97 Å². The molecule has 0 aliphatic heterocycles. The van der Waals surface area contributed by atoms with E-state index >= 15 is 0 Å². The molecular weight excluding hydrogens is 329 g/mol. The summed E-state index contributed by atoms with van der Waals surface area (Å²) in [6.07, 6.45) is 7.92. The lowest BCUT2D eigenvalue weighted by Gasteiger charge is -2.27. The summed E-state index contributed by atoms with van der Waals surface area (Å²) in [5.74, 6) is 1.90. The van der Waals surface area contributed by atoms with Crippen molar-refractivity contribution >= 4 is 11.6 Å². The average Bonchev–Trinajstić information content (AvgIpc) is 3.48. The predicted molar refractivity (Wildman–Crippen MR) is 102 cm³/mol. The lowest BCUT2D eigenvalue weighted by molar-refractivity contribution is 0.410. The summed E-state index contributed by atoms with van der Waals surface area (Å²) in [7, 11) is 0. The van der Waals surface area contributed by atoms with Gasteiger partial charge in [-0.15, -0.1) is 0 Å². The molecule has 0 aromatic carbocycles. The fourth-order valence-corrected chi connectivity index (χ4v) is 3.44. The first-order valence-electron chi connectivity index (χ1n) is 9.56. The van der Waals surface area contributed by atoms with E-state index in [0.717, 1.165) is 44.0 Å². The van der Waals surface area contributed by atoms with Gasteiger partial charge in [-0.05, 0) is 62.6 Å². The van der Waals surface area contributed by atoms with Crippen LogP contribution in [-0.4, -0.2) is 28.6 Å². The molecule has 0 unspecified atom stereocenters. The molecule has 2 heterocycles. The van der Waals surface area contributed by atoms with Gasteiger partial charge < -0.3 is 16.4 Å². The van der Waals surface area contributed by atoms with Crippen LogP contribution >= 0.6 is 0 Å². The smallest absolute Gasteiger partial charge is 0.151 e. The van der Waals surface area contributed by atoms with Crippen LogP contribution in [0, 0.1) is 11.7 Å². The van der Waals surface area contributed by atoms with Gasteiger partial charge in [-0.25, -0.2) is 14.4 Å². The summed E-state index contributed by atoms with van der Waals surface area (Å²) in [5.41, 5.74) is 7.07. The summed E-state index contributed by atoms with van der Waals surface area (Å²) in [6, 6.07) is 8.09. The minimum absolute atomic E-state index is 0.305. The highest BCUT2D eigenvalue weighted by molar-refractivity contribution is 5.65. The van der Waals surface area contributed by atoms with Gasteiger partial charge in [0.1, 0.15) is 11.6 Å². The Bertz CT molecular complexity index is 754. The van der Waals surface area contributed by atoms with Crippen molar-refractivity contribution in [2.75, 3.05) is 17.2 Å². The lowest BCUT2D eigenvalue weighted by atomic mass is 9.92. The van der Waals surface area contributed by atoms with Crippen LogP contribution in [0.3, 0.4) is 0 Å². The summed E-state index contributed by atoms with van der Waals surface area (Å²) < 4.78 is 14.4. The predicted octanol–water partition coefficient (Wildman–Crippen LogP) is 3.79. The first-order valence-corrected chi connectivity index (χ1v) is 9.56. The molecule has 26 heavy (non-hydrogen) atoms. The van der Waals surface area contributed by atoms with E-state index < -0.39 is 0 Å². The van der Waals surface area contributed by atoms with Crippen LogP contribution in [0.25, 0.3) is 11.3 Å². The van der Waals surface area contributed by atoms with Crippen molar-refractivity contribution in [3.8, 4) is 11.3 Å². The van der Waals surface area contributed by atoms with Gasteiger partial charge in [0, 0.05) is 24.2 Å². The number of rotatable bonds is 6. The molecule has 5 nitrogen and oxygen atoms in total. The molecule has 2 aromatic heterocycles. The van der Waals surface area contributed by atoms with Crippen LogP contribution in [0.15, 0.2) is 30.5 Å². The van der Waals surface area contributed by atoms with Crippen LogP contribution < -0.4 is 16.4 Å². The maximum absolute atomic E-state index is 14.4. The van der Waals surface area contributed by atoms with Gasteiger partial charge in [0.05, 0.1) is 11.9 Å². The normalized spacial score (nSPS) is 22.8. The van der Waals surface area contributed by atoms with Crippen LogP contribution in [0.2, 0.25) is 0 Å². The van der Waals surface area contributed by atoms with Gasteiger partial charge in [-0.1, -0.05) is 6.07 Å². The average molecular weight is 355 g/mol. The number of nitrogens with two attached hydrogens (primary N) is 1. The lowest BCUT2D eigenvalue weighted by Crippen LogP contribution is -2.33. The SMILES string of the molecule is N[C@H]1CC[C@H](Nc2cc(-c3cccc(NCC4CC4)n3)c(F)cn2)CC1. The topological polar surface area (TPSA) is 75.9 Å². The third-order valence-corrected chi connectivity index (χ3v) is 5.27. The largest absolute Gasteiger partial charge is 0.370 e. The van der Waals surface area contributed by atoms with Gasteiger partial charge in [-0.3, -0.25) is 0 Å². The maximum atomic E-state index is 14.4. The van der Waals surface area contributed by atoms with Gasteiger partial charge in [-0.2, -0.15) is 0 Å². The molecule has 4 N–H and O–H groups in total. The van der Waals surface area contributed by atoms with Gasteiger partial charge >= 0.3 is 0 Å². The van der Waals surface area contributed by atoms with Crippen molar-refractivity contribution in [3.05, 3.63) is 36.3 Å².